The summed E-state index contributed by atoms with van der Waals surface area (Å²) in [6.45, 7) is 1.23. The Morgan fingerprint density at radius 2 is 1.90 bits per heavy atom. The number of nitrogens with two attached hydrogens (primary N) is 1. The molecule has 0 atom stereocenters. The third kappa shape index (κ3) is 3.00. The Kier molecular flexibility index (Phi) is 4.18. The van der Waals surface area contributed by atoms with Crippen LogP contribution in [-0.4, -0.2) is 28.0 Å². The molecule has 0 radical (unpaired) electrons. The second kappa shape index (κ2) is 5.88. The molecule has 0 aliphatic heterocycles. The summed E-state index contributed by atoms with van der Waals surface area (Å²) in [4.78, 5) is 22.8. The van der Waals surface area contributed by atoms with Crippen LogP contribution in [0.1, 0.15) is 16.1 Å². The molecule has 1 aromatic heterocycles. The predicted molar refractivity (Wildman–Crippen MR) is 75.6 cm³/mol. The number of rotatable bonds is 5. The minimum Gasteiger partial charge on any atom is -0.480 e. The number of hydrogen-bond acceptors (Lipinski definition) is 3. The van der Waals surface area contributed by atoms with Crippen molar-refractivity contribution in [1.29, 1.82) is 0 Å². The third-order valence-corrected chi connectivity index (χ3v) is 3.29. The molecule has 0 unspecified atom stereocenters. The van der Waals surface area contributed by atoms with Crippen LogP contribution in [0.2, 0.25) is 0 Å². The van der Waals surface area contributed by atoms with Crippen LogP contribution in [0.25, 0.3) is 11.3 Å². The lowest BCUT2D eigenvalue weighted by molar-refractivity contribution is -0.137. The number of carboxylic acid groups (broad SMARTS) is 1. The van der Waals surface area contributed by atoms with Crippen molar-refractivity contribution in [2.45, 2.75) is 13.5 Å². The van der Waals surface area contributed by atoms with E-state index in [0.29, 0.717) is 22.5 Å². The van der Waals surface area contributed by atoms with Crippen LogP contribution >= 0.6 is 0 Å². The van der Waals surface area contributed by atoms with Gasteiger partial charge in [0.15, 0.2) is 5.78 Å². The molecular formula is C15H15FN2O3. The van der Waals surface area contributed by atoms with E-state index in [1.54, 1.807) is 25.1 Å². The maximum absolute atomic E-state index is 13.0. The van der Waals surface area contributed by atoms with Crippen molar-refractivity contribution in [1.82, 2.24) is 4.57 Å². The van der Waals surface area contributed by atoms with Gasteiger partial charge in [0.05, 0.1) is 6.54 Å². The van der Waals surface area contributed by atoms with Crippen LogP contribution in [0.15, 0.2) is 30.3 Å². The summed E-state index contributed by atoms with van der Waals surface area (Å²) in [6, 6.07) is 7.25. The lowest BCUT2D eigenvalue weighted by Gasteiger charge is -2.09. The minimum absolute atomic E-state index is 0.152. The molecular weight excluding hydrogens is 275 g/mol. The molecule has 5 nitrogen and oxygen atoms in total. The number of nitrogens with zero attached hydrogens (tertiary/aromatic N) is 1. The average molecular weight is 290 g/mol. The maximum Gasteiger partial charge on any atom is 0.323 e. The van der Waals surface area contributed by atoms with Crippen molar-refractivity contribution < 1.29 is 19.1 Å². The van der Waals surface area contributed by atoms with Crippen molar-refractivity contribution in [3.8, 4) is 11.3 Å². The first-order chi connectivity index (χ1) is 9.93. The molecule has 110 valence electrons. The van der Waals surface area contributed by atoms with Gasteiger partial charge in [-0.2, -0.15) is 0 Å². The van der Waals surface area contributed by atoms with Crippen molar-refractivity contribution >= 4 is 11.8 Å². The van der Waals surface area contributed by atoms with E-state index in [2.05, 4.69) is 0 Å². The first kappa shape index (κ1) is 14.9. The second-order valence-electron chi connectivity index (χ2n) is 4.64. The average Bonchev–Trinajstić information content (AvgIpc) is 2.76. The fourth-order valence-corrected chi connectivity index (χ4v) is 2.24. The van der Waals surface area contributed by atoms with Gasteiger partial charge >= 0.3 is 5.97 Å². The fraction of sp³-hybridized carbons (Fsp3) is 0.200. The van der Waals surface area contributed by atoms with Crippen molar-refractivity contribution in [2.24, 2.45) is 5.73 Å². The number of carboxylic acids is 1. The Hall–Kier alpha value is -2.47. The van der Waals surface area contributed by atoms with E-state index < -0.39 is 5.97 Å². The van der Waals surface area contributed by atoms with E-state index in [-0.39, 0.29) is 24.7 Å². The monoisotopic (exact) mass is 290 g/mol. The molecule has 0 aliphatic rings. The van der Waals surface area contributed by atoms with Crippen molar-refractivity contribution in [2.75, 3.05) is 6.54 Å². The van der Waals surface area contributed by atoms with E-state index in [4.69, 9.17) is 10.8 Å². The third-order valence-electron chi connectivity index (χ3n) is 3.29. The number of halogens is 1. The number of aliphatic carboxylic acids is 1. The second-order valence-corrected chi connectivity index (χ2v) is 4.64. The Morgan fingerprint density at radius 3 is 2.43 bits per heavy atom. The topological polar surface area (TPSA) is 85.3 Å². The van der Waals surface area contributed by atoms with Gasteiger partial charge in [-0.05, 0) is 42.8 Å². The highest BCUT2D eigenvalue weighted by atomic mass is 19.1. The predicted octanol–water partition coefficient (Wildman–Crippen LogP) is 1.83. The zero-order valence-corrected chi connectivity index (χ0v) is 11.5. The van der Waals surface area contributed by atoms with Gasteiger partial charge in [-0.3, -0.25) is 9.59 Å². The molecule has 0 saturated heterocycles. The van der Waals surface area contributed by atoms with Crippen LogP contribution in [0.5, 0.6) is 0 Å². The van der Waals surface area contributed by atoms with Gasteiger partial charge in [0.25, 0.3) is 0 Å². The van der Waals surface area contributed by atoms with E-state index in [1.165, 1.54) is 16.7 Å². The van der Waals surface area contributed by atoms with E-state index >= 15 is 0 Å². The van der Waals surface area contributed by atoms with Gasteiger partial charge in [-0.1, -0.05) is 0 Å². The molecule has 3 N–H and O–H groups in total. The summed E-state index contributed by atoms with van der Waals surface area (Å²) in [5.74, 6) is -1.67. The molecule has 2 aromatic rings. The molecule has 0 amide bonds. The molecule has 21 heavy (non-hydrogen) atoms. The number of ketones is 1. The van der Waals surface area contributed by atoms with Crippen LogP contribution in [-0.2, 0) is 11.3 Å². The van der Waals surface area contributed by atoms with E-state index in [9.17, 15) is 14.0 Å². The van der Waals surface area contributed by atoms with Gasteiger partial charge in [0.2, 0.25) is 0 Å². The summed E-state index contributed by atoms with van der Waals surface area (Å²) in [5.41, 5.74) is 7.47. The van der Waals surface area contributed by atoms with Crippen LogP contribution in [0.4, 0.5) is 4.39 Å². The minimum atomic E-state index is -1.02. The van der Waals surface area contributed by atoms with Crippen molar-refractivity contribution in [3.63, 3.8) is 0 Å². The van der Waals surface area contributed by atoms with Crippen LogP contribution < -0.4 is 5.73 Å². The first-order valence-electron chi connectivity index (χ1n) is 6.35. The Balaban J connectivity index is 2.60. The first-order valence-corrected chi connectivity index (χ1v) is 6.35. The van der Waals surface area contributed by atoms with Gasteiger partial charge in [0.1, 0.15) is 12.4 Å². The highest BCUT2D eigenvalue weighted by molar-refractivity contribution is 6.00. The summed E-state index contributed by atoms with van der Waals surface area (Å²) in [5, 5.41) is 9.02. The summed E-state index contributed by atoms with van der Waals surface area (Å²) < 4.78 is 14.5. The molecule has 1 aromatic carbocycles. The lowest BCUT2D eigenvalue weighted by atomic mass is 10.1. The quantitative estimate of drug-likeness (QED) is 0.823. The number of hydrogen-bond donors (Lipinski definition) is 2. The highest BCUT2D eigenvalue weighted by Gasteiger charge is 2.19. The van der Waals surface area contributed by atoms with Crippen LogP contribution in [0, 0.1) is 12.7 Å². The largest absolute Gasteiger partial charge is 0.480 e. The molecule has 0 spiro atoms. The highest BCUT2D eigenvalue weighted by Crippen LogP contribution is 2.26. The number of aromatic nitrogens is 1. The molecule has 0 saturated carbocycles. The standard InChI is InChI=1S/C15H15FN2O3/c1-9-12(14(19)7-17)6-13(18(9)8-15(20)21)10-2-4-11(16)5-3-10/h2-6H,7-8,17H2,1H3,(H,20,21). The Labute approximate surface area is 120 Å². The van der Waals surface area contributed by atoms with Gasteiger partial charge < -0.3 is 15.4 Å². The maximum atomic E-state index is 13.0. The number of carbonyl (C=O) groups excluding carboxylic acids is 1. The summed E-state index contributed by atoms with van der Waals surface area (Å²) >= 11 is 0. The zero-order chi connectivity index (χ0) is 15.6. The Bertz CT molecular complexity index is 690. The molecule has 0 fully saturated rings. The van der Waals surface area contributed by atoms with E-state index in [0.717, 1.165) is 0 Å². The Morgan fingerprint density at radius 1 is 1.29 bits per heavy atom. The zero-order valence-electron chi connectivity index (χ0n) is 11.5. The molecule has 1 heterocycles. The molecule has 2 rings (SSSR count). The lowest BCUT2D eigenvalue weighted by Crippen LogP contribution is -2.16. The van der Waals surface area contributed by atoms with E-state index in [1.807, 2.05) is 0 Å². The normalized spacial score (nSPS) is 10.6. The number of carbonyl (C=O) groups is 2. The summed E-state index contributed by atoms with van der Waals surface area (Å²) in [6.07, 6.45) is 0. The SMILES string of the molecule is Cc1c(C(=O)CN)cc(-c2ccc(F)cc2)n1CC(=O)O. The fourth-order valence-electron chi connectivity index (χ4n) is 2.24. The molecule has 6 heteroatoms. The summed E-state index contributed by atoms with van der Waals surface area (Å²) in [7, 11) is 0. The van der Waals surface area contributed by atoms with Crippen molar-refractivity contribution in [3.05, 3.63) is 47.4 Å². The number of Topliss-reactive ketones (excluding diaryl/α,β-unsaturated/α-hetero) is 1. The number of benzene rings is 1. The van der Waals surface area contributed by atoms with Gasteiger partial charge in [0, 0.05) is 17.0 Å². The molecule has 0 aliphatic carbocycles. The van der Waals surface area contributed by atoms with Crippen LogP contribution in [0.3, 0.4) is 0 Å². The molecule has 0 bridgehead atoms. The van der Waals surface area contributed by atoms with Gasteiger partial charge in [-0.15, -0.1) is 0 Å². The smallest absolute Gasteiger partial charge is 0.323 e. The van der Waals surface area contributed by atoms with Gasteiger partial charge in [-0.25, -0.2) is 4.39 Å².